The molecule has 2 aliphatic rings. The number of nitrogens with two attached hydrogens (primary N) is 1. The van der Waals surface area contributed by atoms with Crippen LogP contribution in [0.5, 0.6) is 0 Å². The van der Waals surface area contributed by atoms with Gasteiger partial charge in [0.25, 0.3) is 0 Å². The Bertz CT molecular complexity index is 1460. The number of aromatic nitrogens is 3. The summed E-state index contributed by atoms with van der Waals surface area (Å²) in [5.41, 5.74) is 9.49. The number of hydrogen-bond acceptors (Lipinski definition) is 10. The van der Waals surface area contributed by atoms with Crippen molar-refractivity contribution in [1.29, 1.82) is 5.26 Å². The van der Waals surface area contributed by atoms with Crippen LogP contribution in [0.25, 0.3) is 0 Å². The number of benzene rings is 1. The lowest BCUT2D eigenvalue weighted by Gasteiger charge is -2.37. The van der Waals surface area contributed by atoms with E-state index < -0.39 is 5.92 Å². The molecule has 186 valence electrons. The number of carbonyl (C=O) groups is 2. The Balaban J connectivity index is 1.40. The Hall–Kier alpha value is -3.72. The number of allylic oxidation sites excluding steroid dienone is 3. The molecule has 2 aromatic heterocycles. The molecule has 3 N–H and O–H groups in total. The first kappa shape index (κ1) is 25.0. The number of carbonyl (C=O) groups excluding carboxylic acids is 2. The lowest BCUT2D eigenvalue weighted by atomic mass is 9.76. The van der Waals surface area contributed by atoms with Gasteiger partial charge in [0.15, 0.2) is 10.1 Å². The van der Waals surface area contributed by atoms with Crippen LogP contribution in [0.4, 0.5) is 10.8 Å². The number of amides is 1. The van der Waals surface area contributed by atoms with E-state index in [1.54, 1.807) is 47.6 Å². The number of halogens is 1. The molecule has 0 saturated heterocycles. The van der Waals surface area contributed by atoms with E-state index in [0.29, 0.717) is 45.0 Å². The van der Waals surface area contributed by atoms with E-state index in [9.17, 15) is 14.9 Å². The number of nitriles is 1. The third-order valence-electron chi connectivity index (χ3n) is 5.97. The van der Waals surface area contributed by atoms with Gasteiger partial charge < -0.3 is 11.1 Å². The Morgan fingerprint density at radius 2 is 2.08 bits per heavy atom. The van der Waals surface area contributed by atoms with E-state index in [1.807, 2.05) is 6.07 Å². The largest absolute Gasteiger partial charge is 0.384 e. The molecular formula is C25H20ClN7O2S2. The van der Waals surface area contributed by atoms with Crippen LogP contribution in [0.2, 0.25) is 5.02 Å². The molecule has 9 nitrogen and oxygen atoms in total. The van der Waals surface area contributed by atoms with E-state index in [4.69, 9.17) is 17.3 Å². The molecule has 5 rings (SSSR count). The topological polar surface area (TPSA) is 138 Å². The van der Waals surface area contributed by atoms with E-state index in [-0.39, 0.29) is 28.8 Å². The second-order valence-corrected chi connectivity index (χ2v) is 10.9. The molecule has 1 aliphatic carbocycles. The highest BCUT2D eigenvalue weighted by Crippen LogP contribution is 2.46. The second-order valence-electron chi connectivity index (χ2n) is 8.30. The molecule has 12 heteroatoms. The van der Waals surface area contributed by atoms with Gasteiger partial charge in [-0.25, -0.2) is 0 Å². The summed E-state index contributed by atoms with van der Waals surface area (Å²) >= 11 is 8.37. The first-order chi connectivity index (χ1) is 18.0. The van der Waals surface area contributed by atoms with E-state index in [2.05, 4.69) is 26.6 Å². The molecule has 0 spiro atoms. The van der Waals surface area contributed by atoms with Crippen LogP contribution in [-0.2, 0) is 9.59 Å². The van der Waals surface area contributed by atoms with Crippen molar-refractivity contribution in [2.24, 2.45) is 5.73 Å². The number of rotatable bonds is 6. The lowest BCUT2D eigenvalue weighted by molar-refractivity contribution is -0.116. The highest BCUT2D eigenvalue weighted by atomic mass is 35.5. The van der Waals surface area contributed by atoms with Gasteiger partial charge in [0.2, 0.25) is 11.0 Å². The van der Waals surface area contributed by atoms with Gasteiger partial charge in [-0.15, -0.1) is 10.2 Å². The quantitative estimate of drug-likeness (QED) is 0.421. The van der Waals surface area contributed by atoms with Crippen molar-refractivity contribution in [3.05, 3.63) is 82.0 Å². The maximum Gasteiger partial charge on any atom is 0.234 e. The third-order valence-corrected chi connectivity index (χ3v) is 8.27. The van der Waals surface area contributed by atoms with Crippen molar-refractivity contribution in [1.82, 2.24) is 15.2 Å². The summed E-state index contributed by atoms with van der Waals surface area (Å²) in [6.07, 6.45) is 5.00. The van der Waals surface area contributed by atoms with Crippen molar-refractivity contribution in [3.63, 3.8) is 0 Å². The number of thioether (sulfide) groups is 1. The van der Waals surface area contributed by atoms with Gasteiger partial charge in [-0.2, -0.15) is 5.26 Å². The van der Waals surface area contributed by atoms with Gasteiger partial charge in [0, 0.05) is 40.8 Å². The van der Waals surface area contributed by atoms with Crippen LogP contribution >= 0.6 is 34.7 Å². The lowest BCUT2D eigenvalue weighted by Crippen LogP contribution is -2.38. The zero-order chi connectivity index (χ0) is 25.9. The Labute approximate surface area is 226 Å². The second kappa shape index (κ2) is 10.7. The highest BCUT2D eigenvalue weighted by molar-refractivity contribution is 8.01. The maximum absolute atomic E-state index is 13.1. The molecular weight excluding hydrogens is 530 g/mol. The predicted octanol–water partition coefficient (Wildman–Crippen LogP) is 4.62. The highest BCUT2D eigenvalue weighted by Gasteiger charge is 2.41. The summed E-state index contributed by atoms with van der Waals surface area (Å²) in [5, 5.41) is 22.4. The molecule has 1 atom stereocenters. The summed E-state index contributed by atoms with van der Waals surface area (Å²) in [6, 6.07) is 12.7. The van der Waals surface area contributed by atoms with Crippen LogP contribution in [0, 0.1) is 11.3 Å². The standard InChI is InChI=1S/C25H20ClN7O2S2/c26-15-6-8-16(9-7-15)30-20(35)13-36-25-32-31-24(37-25)33-18-4-1-5-19(34)22(18)21(17(11-27)23(33)28)14-3-2-10-29-12-14/h2-3,6-10,12,21H,1,4-5,13,28H2,(H,30,35). The molecule has 0 radical (unpaired) electrons. The molecule has 37 heavy (non-hydrogen) atoms. The van der Waals surface area contributed by atoms with Gasteiger partial charge in [-0.1, -0.05) is 40.8 Å². The minimum Gasteiger partial charge on any atom is -0.384 e. The molecule has 1 aromatic carbocycles. The van der Waals surface area contributed by atoms with E-state index in [1.165, 1.54) is 23.1 Å². The third kappa shape index (κ3) is 5.09. The van der Waals surface area contributed by atoms with Gasteiger partial charge in [-0.05, 0) is 48.7 Å². The minimum atomic E-state index is -0.573. The van der Waals surface area contributed by atoms with Gasteiger partial charge in [0.1, 0.15) is 5.82 Å². The zero-order valence-corrected chi connectivity index (χ0v) is 21.7. The molecule has 1 amide bonds. The number of nitrogens with zero attached hydrogens (tertiary/aromatic N) is 5. The molecule has 3 aromatic rings. The maximum atomic E-state index is 13.1. The number of nitrogens with one attached hydrogen (secondary N) is 1. The fourth-order valence-electron chi connectivity index (χ4n) is 4.39. The first-order valence-electron chi connectivity index (χ1n) is 11.3. The van der Waals surface area contributed by atoms with Gasteiger partial charge in [-0.3, -0.25) is 19.5 Å². The molecule has 3 heterocycles. The van der Waals surface area contributed by atoms with Crippen LogP contribution in [0.15, 0.2) is 75.8 Å². The zero-order valence-electron chi connectivity index (χ0n) is 19.3. The number of Topliss-reactive ketones (excluding diaryl/α,β-unsaturated/α-hetero) is 1. The monoisotopic (exact) mass is 549 g/mol. The summed E-state index contributed by atoms with van der Waals surface area (Å²) in [4.78, 5) is 31.4. The van der Waals surface area contributed by atoms with Gasteiger partial charge in [0.05, 0.1) is 23.3 Å². The van der Waals surface area contributed by atoms with Crippen molar-refractivity contribution in [2.45, 2.75) is 29.5 Å². The molecule has 0 saturated carbocycles. The SMILES string of the molecule is N#CC1=C(N)N(c2nnc(SCC(=O)Nc3ccc(Cl)cc3)s2)C2=C(C(=O)CCC2)C1c1cccnc1. The number of ketones is 1. The van der Waals surface area contributed by atoms with Crippen molar-refractivity contribution in [3.8, 4) is 6.07 Å². The number of pyridine rings is 1. The van der Waals surface area contributed by atoms with E-state index >= 15 is 0 Å². The van der Waals surface area contributed by atoms with Crippen molar-refractivity contribution in [2.75, 3.05) is 16.0 Å². The summed E-state index contributed by atoms with van der Waals surface area (Å²) in [6.45, 7) is 0. The fraction of sp³-hybridized carbons (Fsp3) is 0.200. The molecule has 0 fully saturated rings. The Morgan fingerprint density at radius 3 is 2.81 bits per heavy atom. The number of hydrogen-bond donors (Lipinski definition) is 2. The van der Waals surface area contributed by atoms with Crippen molar-refractivity contribution >= 4 is 57.2 Å². The Morgan fingerprint density at radius 1 is 1.27 bits per heavy atom. The first-order valence-corrected chi connectivity index (χ1v) is 13.5. The molecule has 1 aliphatic heterocycles. The normalized spacial score (nSPS) is 17.5. The van der Waals surface area contributed by atoms with E-state index in [0.717, 1.165) is 11.3 Å². The summed E-state index contributed by atoms with van der Waals surface area (Å²) in [5.74, 6) is -0.440. The molecule has 0 bridgehead atoms. The van der Waals surface area contributed by atoms with Crippen LogP contribution < -0.4 is 16.0 Å². The van der Waals surface area contributed by atoms with Crippen LogP contribution in [0.1, 0.15) is 30.7 Å². The fourth-order valence-corrected chi connectivity index (χ4v) is 6.20. The smallest absolute Gasteiger partial charge is 0.234 e. The van der Waals surface area contributed by atoms with Gasteiger partial charge >= 0.3 is 0 Å². The average molecular weight is 550 g/mol. The van der Waals surface area contributed by atoms with Crippen molar-refractivity contribution < 1.29 is 9.59 Å². The number of anilines is 2. The predicted molar refractivity (Wildman–Crippen MR) is 143 cm³/mol. The minimum absolute atomic E-state index is 0.0154. The summed E-state index contributed by atoms with van der Waals surface area (Å²) < 4.78 is 0.561. The molecule has 1 unspecified atom stereocenters. The summed E-state index contributed by atoms with van der Waals surface area (Å²) in [7, 11) is 0. The average Bonchev–Trinajstić information content (AvgIpc) is 3.37. The Kier molecular flexibility index (Phi) is 7.23. The van der Waals surface area contributed by atoms with Crippen LogP contribution in [0.3, 0.4) is 0 Å². The van der Waals surface area contributed by atoms with Crippen LogP contribution in [-0.4, -0.2) is 32.6 Å².